The Hall–Kier alpha value is -0.270. The number of nitrogens with one attached hydrogen (secondary N) is 1. The van der Waals surface area contributed by atoms with Gasteiger partial charge in [-0.05, 0) is 24.5 Å². The fourth-order valence-corrected chi connectivity index (χ4v) is 4.75. The lowest BCUT2D eigenvalue weighted by molar-refractivity contribution is -0.119. The zero-order chi connectivity index (χ0) is 14.5. The Bertz CT molecular complexity index is 452. The average molecular weight is 332 g/mol. The Balaban J connectivity index is 1.77. The summed E-state index contributed by atoms with van der Waals surface area (Å²) in [7, 11) is 0. The molecule has 1 amide bonds. The van der Waals surface area contributed by atoms with Gasteiger partial charge in [0.25, 0.3) is 0 Å². The Morgan fingerprint density at radius 2 is 2.10 bits per heavy atom. The molecule has 0 aliphatic heterocycles. The number of nitrogens with zero attached hydrogens (tertiary/aromatic N) is 2. The standard InChI is InChI=1S/C13H21N3OS3/c1-8-5-4-6-10(9(8)2)14-11(17)7-19-13-16-15-12(18-3)20-13/h8-10H,4-7H2,1-3H3,(H,14,17). The smallest absolute Gasteiger partial charge is 0.230 e. The van der Waals surface area contributed by atoms with E-state index >= 15 is 0 Å². The molecule has 20 heavy (non-hydrogen) atoms. The number of rotatable bonds is 5. The fourth-order valence-electron chi connectivity index (χ4n) is 2.50. The van der Waals surface area contributed by atoms with Crippen LogP contribution in [0.5, 0.6) is 0 Å². The Morgan fingerprint density at radius 1 is 1.35 bits per heavy atom. The van der Waals surface area contributed by atoms with E-state index in [1.807, 2.05) is 6.26 Å². The number of amides is 1. The molecular formula is C13H21N3OS3. The van der Waals surface area contributed by atoms with E-state index in [9.17, 15) is 4.79 Å². The second-order valence-electron chi connectivity index (χ2n) is 5.27. The number of carbonyl (C=O) groups excluding carboxylic acids is 1. The van der Waals surface area contributed by atoms with Crippen molar-refractivity contribution in [1.82, 2.24) is 15.5 Å². The Morgan fingerprint density at radius 3 is 2.80 bits per heavy atom. The predicted octanol–water partition coefficient (Wildman–Crippen LogP) is 3.29. The summed E-state index contributed by atoms with van der Waals surface area (Å²) in [6, 6.07) is 0.336. The lowest BCUT2D eigenvalue weighted by Crippen LogP contribution is -2.44. The first-order valence-electron chi connectivity index (χ1n) is 6.89. The largest absolute Gasteiger partial charge is 0.352 e. The molecule has 1 aromatic rings. The van der Waals surface area contributed by atoms with Crippen molar-refractivity contribution in [2.75, 3.05) is 12.0 Å². The summed E-state index contributed by atoms with van der Waals surface area (Å²) in [6.45, 7) is 4.53. The van der Waals surface area contributed by atoms with Crippen molar-refractivity contribution in [2.45, 2.75) is 47.8 Å². The second kappa shape index (κ2) is 7.66. The van der Waals surface area contributed by atoms with Crippen LogP contribution in [-0.2, 0) is 4.79 Å². The minimum atomic E-state index is 0.113. The molecule has 7 heteroatoms. The van der Waals surface area contributed by atoms with Gasteiger partial charge in [-0.15, -0.1) is 10.2 Å². The van der Waals surface area contributed by atoms with Crippen LogP contribution in [-0.4, -0.2) is 34.2 Å². The van der Waals surface area contributed by atoms with Crippen molar-refractivity contribution in [3.05, 3.63) is 0 Å². The second-order valence-corrected chi connectivity index (χ2v) is 8.52. The average Bonchev–Trinajstić information content (AvgIpc) is 2.90. The zero-order valence-electron chi connectivity index (χ0n) is 12.1. The number of aromatic nitrogens is 2. The lowest BCUT2D eigenvalue weighted by atomic mass is 9.78. The molecule has 0 bridgehead atoms. The van der Waals surface area contributed by atoms with E-state index in [-0.39, 0.29) is 5.91 Å². The van der Waals surface area contributed by atoms with E-state index in [4.69, 9.17) is 0 Å². The maximum absolute atomic E-state index is 12.0. The first-order valence-corrected chi connectivity index (χ1v) is 9.92. The summed E-state index contributed by atoms with van der Waals surface area (Å²) in [5, 5.41) is 11.3. The molecule has 0 radical (unpaired) electrons. The van der Waals surface area contributed by atoms with Crippen LogP contribution in [0.3, 0.4) is 0 Å². The molecule has 112 valence electrons. The van der Waals surface area contributed by atoms with E-state index in [1.165, 1.54) is 24.6 Å². The van der Waals surface area contributed by atoms with Crippen molar-refractivity contribution in [3.63, 3.8) is 0 Å². The van der Waals surface area contributed by atoms with Crippen LogP contribution >= 0.6 is 34.9 Å². The van der Waals surface area contributed by atoms with E-state index in [0.717, 1.165) is 15.1 Å². The van der Waals surface area contributed by atoms with Gasteiger partial charge < -0.3 is 5.32 Å². The van der Waals surface area contributed by atoms with Crippen LogP contribution in [0, 0.1) is 11.8 Å². The van der Waals surface area contributed by atoms with Crippen LogP contribution < -0.4 is 5.32 Å². The molecule has 4 nitrogen and oxygen atoms in total. The summed E-state index contributed by atoms with van der Waals surface area (Å²) in [4.78, 5) is 12.0. The lowest BCUT2D eigenvalue weighted by Gasteiger charge is -2.34. The first kappa shape index (κ1) is 16.1. The fraction of sp³-hybridized carbons (Fsp3) is 0.769. The minimum Gasteiger partial charge on any atom is -0.352 e. The zero-order valence-corrected chi connectivity index (χ0v) is 14.5. The summed E-state index contributed by atoms with van der Waals surface area (Å²) < 4.78 is 1.82. The Kier molecular flexibility index (Phi) is 6.17. The normalized spacial score (nSPS) is 26.4. The molecule has 1 N–H and O–H groups in total. The van der Waals surface area contributed by atoms with Gasteiger partial charge in [-0.25, -0.2) is 0 Å². The molecule has 0 aromatic carbocycles. The van der Waals surface area contributed by atoms with Crippen molar-refractivity contribution in [3.8, 4) is 0 Å². The highest BCUT2D eigenvalue weighted by molar-refractivity contribution is 8.03. The monoisotopic (exact) mass is 331 g/mol. The number of hydrogen-bond donors (Lipinski definition) is 1. The van der Waals surface area contributed by atoms with Gasteiger partial charge in [0.05, 0.1) is 5.75 Å². The van der Waals surface area contributed by atoms with E-state index in [1.54, 1.807) is 23.1 Å². The van der Waals surface area contributed by atoms with Gasteiger partial charge in [-0.2, -0.15) is 0 Å². The van der Waals surface area contributed by atoms with Crippen LogP contribution in [0.15, 0.2) is 8.68 Å². The highest BCUT2D eigenvalue weighted by Crippen LogP contribution is 2.30. The van der Waals surface area contributed by atoms with Gasteiger partial charge in [0.1, 0.15) is 0 Å². The number of hydrogen-bond acceptors (Lipinski definition) is 6. The molecule has 1 aromatic heterocycles. The van der Waals surface area contributed by atoms with Crippen LogP contribution in [0.2, 0.25) is 0 Å². The third-order valence-electron chi connectivity index (χ3n) is 3.94. The molecule has 3 atom stereocenters. The highest BCUT2D eigenvalue weighted by Gasteiger charge is 2.28. The van der Waals surface area contributed by atoms with E-state index < -0.39 is 0 Å². The minimum absolute atomic E-state index is 0.113. The van der Waals surface area contributed by atoms with Gasteiger partial charge in [0, 0.05) is 6.04 Å². The molecule has 1 heterocycles. The molecule has 3 unspecified atom stereocenters. The van der Waals surface area contributed by atoms with Crippen molar-refractivity contribution >= 4 is 40.8 Å². The van der Waals surface area contributed by atoms with E-state index in [0.29, 0.717) is 23.6 Å². The van der Waals surface area contributed by atoms with Gasteiger partial charge in [0.2, 0.25) is 5.91 Å². The molecular weight excluding hydrogens is 310 g/mol. The number of carbonyl (C=O) groups is 1. The third-order valence-corrected chi connectivity index (χ3v) is 6.97. The highest BCUT2D eigenvalue weighted by atomic mass is 32.2. The third kappa shape index (κ3) is 4.36. The summed E-state index contributed by atoms with van der Waals surface area (Å²) in [6.07, 6.45) is 5.59. The van der Waals surface area contributed by atoms with Crippen molar-refractivity contribution < 1.29 is 4.79 Å². The number of thioether (sulfide) groups is 2. The maximum Gasteiger partial charge on any atom is 0.230 e. The van der Waals surface area contributed by atoms with Crippen molar-refractivity contribution in [1.29, 1.82) is 0 Å². The maximum atomic E-state index is 12.0. The quantitative estimate of drug-likeness (QED) is 0.839. The SMILES string of the molecule is CSc1nnc(SCC(=O)NC2CCCC(C)C2C)s1. The summed E-state index contributed by atoms with van der Waals surface area (Å²) in [5.41, 5.74) is 0. The van der Waals surface area contributed by atoms with Crippen LogP contribution in [0.4, 0.5) is 0 Å². The molecule has 1 aliphatic carbocycles. The molecule has 0 spiro atoms. The summed E-state index contributed by atoms with van der Waals surface area (Å²) >= 11 is 4.60. The molecule has 0 saturated heterocycles. The van der Waals surface area contributed by atoms with Crippen LogP contribution in [0.1, 0.15) is 33.1 Å². The van der Waals surface area contributed by atoms with Gasteiger partial charge in [0.15, 0.2) is 8.68 Å². The van der Waals surface area contributed by atoms with Gasteiger partial charge in [-0.1, -0.05) is 61.5 Å². The Labute approximate surface area is 132 Å². The molecule has 1 saturated carbocycles. The summed E-state index contributed by atoms with van der Waals surface area (Å²) in [5.74, 6) is 1.82. The van der Waals surface area contributed by atoms with E-state index in [2.05, 4.69) is 29.4 Å². The van der Waals surface area contributed by atoms with Gasteiger partial charge >= 0.3 is 0 Å². The van der Waals surface area contributed by atoms with Gasteiger partial charge in [-0.3, -0.25) is 4.79 Å². The van der Waals surface area contributed by atoms with Crippen molar-refractivity contribution in [2.24, 2.45) is 11.8 Å². The predicted molar refractivity (Wildman–Crippen MR) is 86.5 cm³/mol. The molecule has 1 aliphatic rings. The molecule has 2 rings (SSSR count). The first-order chi connectivity index (χ1) is 9.60. The van der Waals surface area contributed by atoms with Crippen LogP contribution in [0.25, 0.3) is 0 Å². The molecule has 1 fully saturated rings. The topological polar surface area (TPSA) is 54.9 Å².